The van der Waals surface area contributed by atoms with Gasteiger partial charge in [-0.3, -0.25) is 9.48 Å². The fourth-order valence-electron chi connectivity index (χ4n) is 2.27. The number of carbonyl (C=O) groups excluding carboxylic acids is 1. The topological polar surface area (TPSA) is 84.7 Å². The smallest absolute Gasteiger partial charge is 0.222 e. The predicted molar refractivity (Wildman–Crippen MR) is 89.0 cm³/mol. The van der Waals surface area contributed by atoms with E-state index in [4.69, 9.17) is 0 Å². The van der Waals surface area contributed by atoms with Gasteiger partial charge in [0.05, 0.1) is 5.69 Å². The molecule has 7 heteroatoms. The summed E-state index contributed by atoms with van der Waals surface area (Å²) in [4.78, 5) is 19.9. The van der Waals surface area contributed by atoms with Crippen LogP contribution in [0.4, 0.5) is 5.95 Å². The zero-order chi connectivity index (χ0) is 16.7. The van der Waals surface area contributed by atoms with Crippen LogP contribution in [-0.2, 0) is 11.3 Å². The Morgan fingerprint density at radius 1 is 1.30 bits per heavy atom. The summed E-state index contributed by atoms with van der Waals surface area (Å²) < 4.78 is 1.99. The molecule has 2 aromatic heterocycles. The monoisotopic (exact) mass is 316 g/mol. The van der Waals surface area contributed by atoms with E-state index in [2.05, 4.69) is 38.7 Å². The molecule has 0 bridgehead atoms. The Hall–Kier alpha value is -2.44. The van der Waals surface area contributed by atoms with E-state index >= 15 is 0 Å². The first-order chi connectivity index (χ1) is 11.0. The Morgan fingerprint density at radius 2 is 2.04 bits per heavy atom. The Kier molecular flexibility index (Phi) is 6.08. The number of aromatic nitrogens is 4. The van der Waals surface area contributed by atoms with Gasteiger partial charge >= 0.3 is 0 Å². The molecule has 1 amide bonds. The van der Waals surface area contributed by atoms with Gasteiger partial charge in [0, 0.05) is 44.1 Å². The van der Waals surface area contributed by atoms with E-state index in [1.54, 1.807) is 18.5 Å². The molecule has 124 valence electrons. The molecule has 2 heterocycles. The summed E-state index contributed by atoms with van der Waals surface area (Å²) in [5.74, 6) is 0.884. The number of rotatable bonds is 8. The van der Waals surface area contributed by atoms with Crippen LogP contribution >= 0.6 is 0 Å². The van der Waals surface area contributed by atoms with Crippen LogP contribution in [0, 0.1) is 19.8 Å². The van der Waals surface area contributed by atoms with Crippen molar-refractivity contribution < 1.29 is 4.79 Å². The predicted octanol–water partition coefficient (Wildman–Crippen LogP) is 1.54. The first-order valence-electron chi connectivity index (χ1n) is 7.83. The van der Waals surface area contributed by atoms with Crippen LogP contribution in [0.15, 0.2) is 24.5 Å². The highest BCUT2D eigenvalue weighted by molar-refractivity contribution is 5.76. The quantitative estimate of drug-likeness (QED) is 0.772. The molecule has 0 spiro atoms. The maximum Gasteiger partial charge on any atom is 0.222 e. The van der Waals surface area contributed by atoms with Crippen molar-refractivity contribution in [3.8, 4) is 0 Å². The molecule has 0 aromatic carbocycles. The lowest BCUT2D eigenvalue weighted by Gasteiger charge is -2.14. The molecule has 0 radical (unpaired) electrons. The Morgan fingerprint density at radius 3 is 2.70 bits per heavy atom. The van der Waals surface area contributed by atoms with E-state index < -0.39 is 0 Å². The second-order valence-electron chi connectivity index (χ2n) is 5.77. The molecular weight excluding hydrogens is 292 g/mol. The van der Waals surface area contributed by atoms with E-state index in [0.717, 1.165) is 17.9 Å². The number of nitrogens with one attached hydrogen (secondary N) is 2. The number of hydrogen-bond donors (Lipinski definition) is 2. The molecule has 7 nitrogen and oxygen atoms in total. The first kappa shape index (κ1) is 16.9. The maximum absolute atomic E-state index is 11.8. The molecule has 2 N–H and O–H groups in total. The number of nitrogens with zero attached hydrogens (tertiary/aromatic N) is 4. The summed E-state index contributed by atoms with van der Waals surface area (Å²) in [5, 5.41) is 10.4. The van der Waals surface area contributed by atoms with Gasteiger partial charge in [-0.05, 0) is 31.9 Å². The van der Waals surface area contributed by atoms with Gasteiger partial charge in [0.1, 0.15) is 0 Å². The zero-order valence-corrected chi connectivity index (χ0v) is 13.9. The van der Waals surface area contributed by atoms with Gasteiger partial charge in [-0.15, -0.1) is 0 Å². The highest BCUT2D eigenvalue weighted by atomic mass is 16.1. The summed E-state index contributed by atoms with van der Waals surface area (Å²) in [6.07, 6.45) is 3.72. The van der Waals surface area contributed by atoms with Crippen LogP contribution in [0.1, 0.15) is 24.7 Å². The second-order valence-corrected chi connectivity index (χ2v) is 5.77. The highest BCUT2D eigenvalue weighted by Gasteiger charge is 2.09. The molecule has 0 saturated carbocycles. The van der Waals surface area contributed by atoms with E-state index in [1.165, 1.54) is 0 Å². The lowest BCUT2D eigenvalue weighted by atomic mass is 10.2. The van der Waals surface area contributed by atoms with Gasteiger partial charge in [0.25, 0.3) is 0 Å². The molecule has 0 saturated heterocycles. The van der Waals surface area contributed by atoms with Crippen LogP contribution in [-0.4, -0.2) is 38.7 Å². The average Bonchev–Trinajstić information content (AvgIpc) is 2.84. The third-order valence-corrected chi connectivity index (χ3v) is 3.44. The number of anilines is 1. The molecule has 0 aliphatic carbocycles. The van der Waals surface area contributed by atoms with Crippen LogP contribution in [0.2, 0.25) is 0 Å². The molecular formula is C16H24N6O. The largest absolute Gasteiger partial charge is 0.356 e. The first-order valence-corrected chi connectivity index (χ1v) is 7.83. The summed E-state index contributed by atoms with van der Waals surface area (Å²) >= 11 is 0. The van der Waals surface area contributed by atoms with E-state index in [9.17, 15) is 4.79 Å². The average molecular weight is 316 g/mol. The standard InChI is InChI=1S/C16H24N6O/c1-12(11-22-14(3)9-13(2)21-22)10-20-15(23)5-8-19-16-17-6-4-7-18-16/h4,6-7,9,12H,5,8,10-11H2,1-3H3,(H,20,23)(H,17,18,19)/t12-/m1/s1. The maximum atomic E-state index is 11.8. The van der Waals surface area contributed by atoms with E-state index in [-0.39, 0.29) is 5.91 Å². The van der Waals surface area contributed by atoms with Crippen molar-refractivity contribution in [3.05, 3.63) is 35.9 Å². The lowest BCUT2D eigenvalue weighted by molar-refractivity contribution is -0.121. The molecule has 0 aliphatic rings. The normalized spacial score (nSPS) is 12.0. The van der Waals surface area contributed by atoms with Crippen molar-refractivity contribution >= 4 is 11.9 Å². The number of hydrogen-bond acceptors (Lipinski definition) is 5. The Bertz CT molecular complexity index is 625. The minimum absolute atomic E-state index is 0.0219. The van der Waals surface area contributed by atoms with Crippen molar-refractivity contribution in [1.82, 2.24) is 25.1 Å². The summed E-state index contributed by atoms with van der Waals surface area (Å²) in [6.45, 7) is 8.09. The highest BCUT2D eigenvalue weighted by Crippen LogP contribution is 2.05. The van der Waals surface area contributed by atoms with E-state index in [0.29, 0.717) is 31.4 Å². The van der Waals surface area contributed by atoms with Crippen LogP contribution in [0.25, 0.3) is 0 Å². The second kappa shape index (κ2) is 8.26. The molecule has 0 unspecified atom stereocenters. The third kappa shape index (κ3) is 5.69. The SMILES string of the molecule is Cc1cc(C)n(C[C@H](C)CNC(=O)CCNc2ncccn2)n1. The van der Waals surface area contributed by atoms with Crippen molar-refractivity contribution in [2.24, 2.45) is 5.92 Å². The van der Waals surface area contributed by atoms with Gasteiger partial charge in [0.15, 0.2) is 0 Å². The van der Waals surface area contributed by atoms with Gasteiger partial charge < -0.3 is 10.6 Å². The van der Waals surface area contributed by atoms with E-state index in [1.807, 2.05) is 18.5 Å². The summed E-state index contributed by atoms with van der Waals surface area (Å²) in [5.41, 5.74) is 2.17. The van der Waals surface area contributed by atoms with Crippen molar-refractivity contribution in [2.45, 2.75) is 33.7 Å². The Labute approximate surface area is 136 Å². The molecule has 0 aliphatic heterocycles. The molecule has 1 atom stereocenters. The van der Waals surface area contributed by atoms with Gasteiger partial charge in [0.2, 0.25) is 11.9 Å². The van der Waals surface area contributed by atoms with Gasteiger partial charge in [-0.1, -0.05) is 6.92 Å². The number of amides is 1. The molecule has 23 heavy (non-hydrogen) atoms. The molecule has 2 aromatic rings. The number of aryl methyl sites for hydroxylation is 2. The lowest BCUT2D eigenvalue weighted by Crippen LogP contribution is -2.31. The zero-order valence-electron chi connectivity index (χ0n) is 13.9. The summed E-state index contributed by atoms with van der Waals surface area (Å²) in [7, 11) is 0. The van der Waals surface area contributed by atoms with Crippen LogP contribution < -0.4 is 10.6 Å². The van der Waals surface area contributed by atoms with Crippen LogP contribution in [0.3, 0.4) is 0 Å². The minimum Gasteiger partial charge on any atom is -0.356 e. The number of carbonyl (C=O) groups is 1. The fraction of sp³-hybridized carbons (Fsp3) is 0.500. The van der Waals surface area contributed by atoms with Gasteiger partial charge in [-0.2, -0.15) is 5.10 Å². The molecule has 0 fully saturated rings. The Balaban J connectivity index is 1.64. The van der Waals surface area contributed by atoms with Crippen molar-refractivity contribution in [1.29, 1.82) is 0 Å². The molecule has 2 rings (SSSR count). The summed E-state index contributed by atoms with van der Waals surface area (Å²) in [6, 6.07) is 3.81. The van der Waals surface area contributed by atoms with Crippen LogP contribution in [0.5, 0.6) is 0 Å². The minimum atomic E-state index is 0.0219. The third-order valence-electron chi connectivity index (χ3n) is 3.44. The van der Waals surface area contributed by atoms with Crippen molar-refractivity contribution in [2.75, 3.05) is 18.4 Å². The van der Waals surface area contributed by atoms with Crippen molar-refractivity contribution in [3.63, 3.8) is 0 Å². The fourth-order valence-corrected chi connectivity index (χ4v) is 2.27. The van der Waals surface area contributed by atoms with Gasteiger partial charge in [-0.25, -0.2) is 9.97 Å².